The molecule has 0 saturated carbocycles. The van der Waals surface area contributed by atoms with Gasteiger partial charge in [0.15, 0.2) is 0 Å². The maximum atomic E-state index is 12.4. The van der Waals surface area contributed by atoms with E-state index in [1.165, 1.54) is 89.9 Å². The summed E-state index contributed by atoms with van der Waals surface area (Å²) in [6.07, 6.45) is 21.8. The molecule has 0 aliphatic carbocycles. The van der Waals surface area contributed by atoms with Crippen LogP contribution in [0.3, 0.4) is 0 Å². The number of unbranched alkanes of at least 4 members (excludes halogenated alkanes) is 16. The second-order valence-corrected chi connectivity index (χ2v) is 12.3. The summed E-state index contributed by atoms with van der Waals surface area (Å²) in [5, 5.41) is 0. The molecule has 0 saturated heterocycles. The highest BCUT2D eigenvalue weighted by atomic mass is 32.2. The van der Waals surface area contributed by atoms with E-state index in [0.717, 1.165) is 31.4 Å². The van der Waals surface area contributed by atoms with Crippen molar-refractivity contribution in [2.24, 2.45) is 5.92 Å². The smallest absolute Gasteiger partial charge is 0.326 e. The summed E-state index contributed by atoms with van der Waals surface area (Å²) >= 11 is 1.62. The normalized spacial score (nSPS) is 12.7. The van der Waals surface area contributed by atoms with Gasteiger partial charge in [-0.15, -0.1) is 0 Å². The van der Waals surface area contributed by atoms with Crippen LogP contribution in [0.1, 0.15) is 129 Å². The Kier molecular flexibility index (Phi) is 23.7. The third-order valence-corrected chi connectivity index (χ3v) is 8.13. The lowest BCUT2D eigenvalue weighted by Crippen LogP contribution is -2.24. The second-order valence-electron chi connectivity index (χ2n) is 9.44. The molecule has 7 heteroatoms. The number of thioether (sulfide) groups is 1. The van der Waals surface area contributed by atoms with E-state index in [9.17, 15) is 19.1 Å². The molecule has 0 fully saturated rings. The lowest BCUT2D eigenvalue weighted by molar-refractivity contribution is -0.147. The Morgan fingerprint density at radius 1 is 0.727 bits per heavy atom. The first-order valence-corrected chi connectivity index (χ1v) is 16.6. The van der Waals surface area contributed by atoms with Gasteiger partial charge in [0.25, 0.3) is 0 Å². The Labute approximate surface area is 208 Å². The van der Waals surface area contributed by atoms with Crippen molar-refractivity contribution in [2.75, 3.05) is 24.3 Å². The highest BCUT2D eigenvalue weighted by Gasteiger charge is 2.28. The van der Waals surface area contributed by atoms with E-state index >= 15 is 0 Å². The zero-order valence-corrected chi connectivity index (χ0v) is 23.3. The van der Waals surface area contributed by atoms with Gasteiger partial charge in [-0.3, -0.25) is 9.36 Å². The Morgan fingerprint density at radius 3 is 1.61 bits per heavy atom. The van der Waals surface area contributed by atoms with Crippen LogP contribution in [0.4, 0.5) is 0 Å². The topological polar surface area (TPSA) is 83.8 Å². The molecule has 0 amide bonds. The van der Waals surface area contributed by atoms with E-state index in [0.29, 0.717) is 12.4 Å². The van der Waals surface area contributed by atoms with E-state index in [1.807, 2.05) is 0 Å². The average molecular weight is 509 g/mol. The molecule has 0 aromatic heterocycles. The highest BCUT2D eigenvalue weighted by molar-refractivity contribution is 7.99. The Morgan fingerprint density at radius 2 is 1.15 bits per heavy atom. The lowest BCUT2D eigenvalue weighted by Gasteiger charge is -2.16. The maximum absolute atomic E-state index is 12.4. The maximum Gasteiger partial charge on any atom is 0.326 e. The molecule has 5 nitrogen and oxygen atoms in total. The van der Waals surface area contributed by atoms with Gasteiger partial charge >= 0.3 is 13.6 Å². The predicted octanol–water partition coefficient (Wildman–Crippen LogP) is 8.12. The molecule has 0 aromatic carbocycles. The van der Waals surface area contributed by atoms with Crippen LogP contribution in [-0.4, -0.2) is 40.0 Å². The first-order chi connectivity index (χ1) is 15.9. The van der Waals surface area contributed by atoms with Gasteiger partial charge < -0.3 is 14.5 Å². The van der Waals surface area contributed by atoms with Crippen molar-refractivity contribution in [1.29, 1.82) is 0 Å². The first-order valence-electron chi connectivity index (χ1n) is 13.7. The summed E-state index contributed by atoms with van der Waals surface area (Å²) in [5.74, 6) is 0.197. The van der Waals surface area contributed by atoms with Crippen molar-refractivity contribution in [3.63, 3.8) is 0 Å². The minimum atomic E-state index is -4.24. The molecule has 1 atom stereocenters. The van der Waals surface area contributed by atoms with Crippen LogP contribution in [0, 0.1) is 5.92 Å². The zero-order valence-electron chi connectivity index (χ0n) is 21.6. The fourth-order valence-corrected chi connectivity index (χ4v) is 6.07. The number of ether oxygens (including phenoxy) is 1. The predicted molar refractivity (Wildman–Crippen MR) is 143 cm³/mol. The number of rotatable bonds is 25. The summed E-state index contributed by atoms with van der Waals surface area (Å²) in [6.45, 7) is 4.81. The molecule has 0 rings (SSSR count). The quantitative estimate of drug-likeness (QED) is 0.0736. The monoisotopic (exact) mass is 508 g/mol. The van der Waals surface area contributed by atoms with E-state index in [-0.39, 0.29) is 0 Å². The summed E-state index contributed by atoms with van der Waals surface area (Å²) in [5.41, 5.74) is 0. The van der Waals surface area contributed by atoms with Gasteiger partial charge in [0, 0.05) is 5.75 Å². The molecule has 0 aliphatic heterocycles. The van der Waals surface area contributed by atoms with Gasteiger partial charge in [-0.25, -0.2) is 0 Å². The number of hydrogen-bond donors (Lipinski definition) is 2. The summed E-state index contributed by atoms with van der Waals surface area (Å²) in [4.78, 5) is 31.1. The summed E-state index contributed by atoms with van der Waals surface area (Å²) < 4.78 is 16.8. The molecule has 198 valence electrons. The van der Waals surface area contributed by atoms with Gasteiger partial charge in [0.2, 0.25) is 0 Å². The van der Waals surface area contributed by atoms with E-state index in [2.05, 4.69) is 13.8 Å². The molecule has 0 bridgehead atoms. The Hall–Kier alpha value is -0.0300. The van der Waals surface area contributed by atoms with Crippen LogP contribution in [-0.2, 0) is 14.1 Å². The van der Waals surface area contributed by atoms with Gasteiger partial charge in [0.1, 0.15) is 0 Å². The number of hydrogen-bond acceptors (Lipinski definition) is 4. The molecule has 0 aliphatic rings. The highest BCUT2D eigenvalue weighted by Crippen LogP contribution is 2.38. The molecule has 33 heavy (non-hydrogen) atoms. The van der Waals surface area contributed by atoms with Crippen LogP contribution in [0.2, 0.25) is 0 Å². The van der Waals surface area contributed by atoms with Crippen molar-refractivity contribution in [3.8, 4) is 0 Å². The van der Waals surface area contributed by atoms with Crippen LogP contribution >= 0.6 is 19.4 Å². The minimum Gasteiger partial charge on any atom is -0.465 e. The summed E-state index contributed by atoms with van der Waals surface area (Å²) in [6, 6.07) is 0. The number of carbonyl (C=O) groups excluding carboxylic acids is 1. The van der Waals surface area contributed by atoms with Gasteiger partial charge in [-0.05, 0) is 18.6 Å². The second kappa shape index (κ2) is 23.7. The fourth-order valence-electron chi connectivity index (χ4n) is 3.93. The lowest BCUT2D eigenvalue weighted by atomic mass is 10.1. The molecular weight excluding hydrogens is 455 g/mol. The molecule has 2 N–H and O–H groups in total. The standard InChI is InChI=1S/C26H53O5PS/c1-3-5-7-9-11-13-14-16-18-20-22-33-24-25(23-32(28,29)30)26(27)31-21-19-17-15-12-10-8-6-4-2/h25H,3-24H2,1-2H3,(H2,28,29,30). The third kappa shape index (κ3) is 24.9. The number of esters is 1. The third-order valence-electron chi connectivity index (χ3n) is 6.00. The van der Waals surface area contributed by atoms with Crippen molar-refractivity contribution >= 4 is 25.3 Å². The SMILES string of the molecule is CCCCCCCCCCCCSCC(CP(=O)(O)O)C(=O)OCCCCCCCCCC. The molecule has 0 aromatic rings. The van der Waals surface area contributed by atoms with Crippen LogP contribution in [0.15, 0.2) is 0 Å². The zero-order chi connectivity index (χ0) is 24.6. The van der Waals surface area contributed by atoms with Crippen molar-refractivity contribution in [1.82, 2.24) is 0 Å². The van der Waals surface area contributed by atoms with Crippen LogP contribution < -0.4 is 0 Å². The van der Waals surface area contributed by atoms with Crippen LogP contribution in [0.25, 0.3) is 0 Å². The minimum absolute atomic E-state index is 0.356. The van der Waals surface area contributed by atoms with E-state index in [4.69, 9.17) is 4.74 Å². The van der Waals surface area contributed by atoms with Gasteiger partial charge in [-0.2, -0.15) is 11.8 Å². The van der Waals surface area contributed by atoms with Crippen molar-refractivity contribution in [2.45, 2.75) is 129 Å². The van der Waals surface area contributed by atoms with Crippen molar-refractivity contribution < 1.29 is 23.9 Å². The fraction of sp³-hybridized carbons (Fsp3) is 0.962. The first kappa shape index (κ1) is 33.0. The van der Waals surface area contributed by atoms with Gasteiger partial charge in [-0.1, -0.05) is 117 Å². The largest absolute Gasteiger partial charge is 0.465 e. The Bertz CT molecular complexity index is 483. The number of carbonyl (C=O) groups is 1. The van der Waals surface area contributed by atoms with E-state index < -0.39 is 25.6 Å². The average Bonchev–Trinajstić information content (AvgIpc) is 2.77. The van der Waals surface area contributed by atoms with E-state index in [1.54, 1.807) is 11.8 Å². The molecule has 0 spiro atoms. The molecular formula is C26H53O5PS. The molecule has 0 radical (unpaired) electrons. The molecule has 1 unspecified atom stereocenters. The van der Waals surface area contributed by atoms with Crippen LogP contribution in [0.5, 0.6) is 0 Å². The Balaban J connectivity index is 3.87. The molecule has 0 heterocycles. The van der Waals surface area contributed by atoms with Crippen molar-refractivity contribution in [3.05, 3.63) is 0 Å². The van der Waals surface area contributed by atoms with Gasteiger partial charge in [0.05, 0.1) is 18.7 Å². The summed E-state index contributed by atoms with van der Waals surface area (Å²) in [7, 11) is -4.24.